The number of carboxylic acid groups (broad SMARTS) is 2. The molecule has 1 atom stereocenters. The van der Waals surface area contributed by atoms with Crippen molar-refractivity contribution in [1.82, 2.24) is 20.6 Å². The number of carboxylic acids is 2. The Morgan fingerprint density at radius 1 is 1.44 bits per heavy atom. The van der Waals surface area contributed by atoms with E-state index in [1.54, 1.807) is 13.8 Å². The predicted octanol–water partition coefficient (Wildman–Crippen LogP) is -0.489. The predicted molar refractivity (Wildman–Crippen MR) is 62.5 cm³/mol. The summed E-state index contributed by atoms with van der Waals surface area (Å²) in [6.07, 6.45) is 2.24. The van der Waals surface area contributed by atoms with E-state index in [0.717, 1.165) is 6.08 Å². The van der Waals surface area contributed by atoms with E-state index in [0.29, 0.717) is 0 Å². The quantitative estimate of drug-likeness (QED) is 0.530. The van der Waals surface area contributed by atoms with Gasteiger partial charge in [0.05, 0.1) is 0 Å². The van der Waals surface area contributed by atoms with Gasteiger partial charge >= 0.3 is 11.9 Å². The molecule has 0 aromatic carbocycles. The zero-order chi connectivity index (χ0) is 14.6. The van der Waals surface area contributed by atoms with E-state index >= 15 is 0 Å². The van der Waals surface area contributed by atoms with Crippen LogP contribution in [0, 0.1) is 5.92 Å². The number of H-pyrrole nitrogens is 1. The number of nitrogens with zero attached hydrogens (tertiary/aromatic N) is 3. The molecule has 18 heavy (non-hydrogen) atoms. The maximum atomic E-state index is 10.0. The van der Waals surface area contributed by atoms with Crippen LogP contribution in [-0.2, 0) is 9.59 Å². The van der Waals surface area contributed by atoms with Gasteiger partial charge in [0.1, 0.15) is 12.4 Å². The molecule has 102 valence electrons. The molecule has 0 saturated heterocycles. The molecule has 0 fully saturated rings. The fraction of sp³-hybridized carbons (Fsp3) is 0.444. The molecule has 9 heteroatoms. The van der Waals surface area contributed by atoms with Crippen molar-refractivity contribution in [2.24, 2.45) is 11.7 Å². The smallest absolute Gasteiger partial charge is 0.327 e. The van der Waals surface area contributed by atoms with E-state index in [2.05, 4.69) is 27.2 Å². The summed E-state index contributed by atoms with van der Waals surface area (Å²) in [6.45, 7) is 6.51. The molecule has 5 N–H and O–H groups in total. The number of nitrogens with one attached hydrogen (secondary N) is 1. The number of hydrogen-bond donors (Lipinski definition) is 4. The first-order valence-electron chi connectivity index (χ1n) is 4.83. The van der Waals surface area contributed by atoms with E-state index in [1.807, 2.05) is 0 Å². The van der Waals surface area contributed by atoms with Crippen LogP contribution in [0.3, 0.4) is 0 Å². The molecule has 0 saturated carbocycles. The summed E-state index contributed by atoms with van der Waals surface area (Å²) >= 11 is 0. The summed E-state index contributed by atoms with van der Waals surface area (Å²) in [5.41, 5.74) is 5.16. The average Bonchev–Trinajstić information content (AvgIpc) is 2.87. The van der Waals surface area contributed by atoms with Crippen LogP contribution < -0.4 is 5.73 Å². The lowest BCUT2D eigenvalue weighted by Gasteiger charge is -2.07. The zero-order valence-corrected chi connectivity index (χ0v) is 10.1. The summed E-state index contributed by atoms with van der Waals surface area (Å²) in [4.78, 5) is 19.3. The van der Waals surface area contributed by atoms with Crippen molar-refractivity contribution in [1.29, 1.82) is 0 Å². The Bertz CT molecular complexity index is 322. The summed E-state index contributed by atoms with van der Waals surface area (Å²) < 4.78 is 0. The molecular weight excluding hydrogens is 242 g/mol. The number of hydrogen-bond acceptors (Lipinski definition) is 6. The van der Waals surface area contributed by atoms with Gasteiger partial charge in [-0.2, -0.15) is 0 Å². The van der Waals surface area contributed by atoms with Gasteiger partial charge in [-0.15, -0.1) is 5.10 Å². The third kappa shape index (κ3) is 13.7. The highest BCUT2D eigenvalue weighted by molar-refractivity contribution is 5.78. The van der Waals surface area contributed by atoms with Crippen molar-refractivity contribution >= 4 is 11.9 Å². The van der Waals surface area contributed by atoms with Crippen molar-refractivity contribution in [2.45, 2.75) is 19.9 Å². The molecule has 9 nitrogen and oxygen atoms in total. The molecular formula is C9H17N5O4. The van der Waals surface area contributed by atoms with Crippen LogP contribution in [0.2, 0.25) is 0 Å². The average molecular weight is 259 g/mol. The summed E-state index contributed by atoms with van der Waals surface area (Å²) in [6, 6.07) is -0.713. The van der Waals surface area contributed by atoms with Gasteiger partial charge in [-0.25, -0.2) is 9.89 Å². The lowest BCUT2D eigenvalue weighted by molar-refractivity contribution is -0.139. The lowest BCUT2D eigenvalue weighted by Crippen LogP contribution is -2.34. The Kier molecular flexibility index (Phi) is 11.3. The van der Waals surface area contributed by atoms with Crippen molar-refractivity contribution in [3.05, 3.63) is 19.0 Å². The van der Waals surface area contributed by atoms with E-state index < -0.39 is 18.0 Å². The number of tetrazole rings is 1. The molecule has 0 bridgehead atoms. The minimum Gasteiger partial charge on any atom is -0.480 e. The number of nitrogens with two attached hydrogens (primary N) is 1. The Balaban J connectivity index is 0. The highest BCUT2D eigenvalue weighted by Gasteiger charge is 2.14. The van der Waals surface area contributed by atoms with Gasteiger partial charge in [0.25, 0.3) is 0 Å². The second-order valence-corrected chi connectivity index (χ2v) is 3.21. The van der Waals surface area contributed by atoms with Crippen LogP contribution in [0.15, 0.2) is 19.0 Å². The second kappa shape index (κ2) is 11.2. The van der Waals surface area contributed by atoms with Crippen molar-refractivity contribution in [3.63, 3.8) is 0 Å². The van der Waals surface area contributed by atoms with Gasteiger partial charge in [-0.1, -0.05) is 20.4 Å². The normalized spacial score (nSPS) is 10.2. The standard InChI is InChI=1S/C5H11NO2.C3H4O2.CH2N4/c1-3(2)4(6)5(7)8;1-2-3(4)5;1-2-4-5-3-1/h3-4H,6H2,1-2H3,(H,7,8);2H,1H2,(H,4,5);1H,(H,2,3,4,5)/t4-;;/m0../s1. The number of aliphatic carboxylic acids is 2. The fourth-order valence-corrected chi connectivity index (χ4v) is 0.414. The SMILES string of the molecule is C=CC(=O)O.CC(C)[C@H](N)C(=O)O.c1nnn[nH]1. The lowest BCUT2D eigenvalue weighted by atomic mass is 10.1. The maximum absolute atomic E-state index is 10.0. The van der Waals surface area contributed by atoms with E-state index in [-0.39, 0.29) is 5.92 Å². The molecule has 0 aliphatic carbocycles. The van der Waals surface area contributed by atoms with E-state index in [4.69, 9.17) is 15.9 Å². The zero-order valence-electron chi connectivity index (χ0n) is 10.1. The van der Waals surface area contributed by atoms with Crippen LogP contribution in [-0.4, -0.2) is 48.8 Å². The monoisotopic (exact) mass is 259 g/mol. The molecule has 1 rings (SSSR count). The van der Waals surface area contributed by atoms with Gasteiger partial charge in [-0.05, 0) is 16.3 Å². The van der Waals surface area contributed by atoms with Crippen LogP contribution in [0.25, 0.3) is 0 Å². The molecule has 0 radical (unpaired) electrons. The van der Waals surface area contributed by atoms with Crippen molar-refractivity contribution in [3.8, 4) is 0 Å². The van der Waals surface area contributed by atoms with Crippen LogP contribution >= 0.6 is 0 Å². The molecule has 1 aromatic heterocycles. The minimum atomic E-state index is -0.981. The van der Waals surface area contributed by atoms with Gasteiger partial charge in [0.2, 0.25) is 0 Å². The first kappa shape index (κ1) is 18.1. The van der Waals surface area contributed by atoms with Gasteiger partial charge in [0.15, 0.2) is 0 Å². The van der Waals surface area contributed by atoms with Gasteiger partial charge in [-0.3, -0.25) is 4.79 Å². The van der Waals surface area contributed by atoms with Crippen LogP contribution in [0.4, 0.5) is 0 Å². The van der Waals surface area contributed by atoms with Crippen molar-refractivity contribution in [2.75, 3.05) is 0 Å². The first-order chi connectivity index (χ1) is 8.32. The molecule has 0 aliphatic rings. The van der Waals surface area contributed by atoms with Crippen LogP contribution in [0.5, 0.6) is 0 Å². The van der Waals surface area contributed by atoms with Gasteiger partial charge in [0, 0.05) is 6.08 Å². The molecule has 0 aliphatic heterocycles. The Hall–Kier alpha value is -2.29. The van der Waals surface area contributed by atoms with Crippen molar-refractivity contribution < 1.29 is 19.8 Å². The minimum absolute atomic E-state index is 0.0208. The molecule has 1 heterocycles. The Labute approximate surface area is 104 Å². The van der Waals surface area contributed by atoms with E-state index in [9.17, 15) is 9.59 Å². The maximum Gasteiger partial charge on any atom is 0.327 e. The van der Waals surface area contributed by atoms with Gasteiger partial charge < -0.3 is 15.9 Å². The number of carbonyl (C=O) groups is 2. The number of aromatic amines is 1. The first-order valence-corrected chi connectivity index (χ1v) is 4.83. The molecule has 1 aromatic rings. The summed E-state index contributed by atoms with van der Waals surface area (Å²) in [5.74, 6) is -1.89. The summed E-state index contributed by atoms with van der Waals surface area (Å²) in [7, 11) is 0. The Morgan fingerprint density at radius 2 is 1.94 bits per heavy atom. The fourth-order valence-electron chi connectivity index (χ4n) is 0.414. The molecule has 0 unspecified atom stereocenters. The van der Waals surface area contributed by atoms with Crippen LogP contribution in [0.1, 0.15) is 13.8 Å². The third-order valence-electron chi connectivity index (χ3n) is 1.45. The summed E-state index contributed by atoms with van der Waals surface area (Å²) in [5, 5.41) is 27.9. The molecule has 0 amide bonds. The topological polar surface area (TPSA) is 155 Å². The largest absolute Gasteiger partial charge is 0.480 e. The Morgan fingerprint density at radius 3 is 2.00 bits per heavy atom. The highest BCUT2D eigenvalue weighted by Crippen LogP contribution is 1.96. The molecule has 0 spiro atoms. The number of aromatic nitrogens is 4. The third-order valence-corrected chi connectivity index (χ3v) is 1.45. The van der Waals surface area contributed by atoms with E-state index in [1.165, 1.54) is 6.33 Å². The number of rotatable bonds is 3. The second-order valence-electron chi connectivity index (χ2n) is 3.21. The highest BCUT2D eigenvalue weighted by atomic mass is 16.4.